The summed E-state index contributed by atoms with van der Waals surface area (Å²) in [6, 6.07) is 17.2. The van der Waals surface area contributed by atoms with Gasteiger partial charge in [0.15, 0.2) is 0 Å². The second-order valence-corrected chi connectivity index (χ2v) is 9.17. The van der Waals surface area contributed by atoms with Gasteiger partial charge >= 0.3 is 0 Å². The summed E-state index contributed by atoms with van der Waals surface area (Å²) in [4.78, 5) is 12.5. The predicted molar refractivity (Wildman–Crippen MR) is 117 cm³/mol. The molecule has 1 amide bonds. The van der Waals surface area contributed by atoms with Crippen LogP contribution in [-0.4, -0.2) is 31.0 Å². The van der Waals surface area contributed by atoms with Crippen molar-refractivity contribution in [2.75, 3.05) is 11.9 Å². The third kappa shape index (κ3) is 4.04. The number of hydrazone groups is 1. The second-order valence-electron chi connectivity index (χ2n) is 6.92. The molecular weight excluding hydrogens is 441 g/mol. The Morgan fingerprint density at radius 3 is 2.52 bits per heavy atom. The van der Waals surface area contributed by atoms with Crippen LogP contribution < -0.4 is 5.32 Å². The molecule has 3 aromatic carbocycles. The van der Waals surface area contributed by atoms with E-state index in [-0.39, 0.29) is 26.8 Å². The number of amides is 1. The summed E-state index contributed by atoms with van der Waals surface area (Å²) in [6.07, 6.45) is 0. The van der Waals surface area contributed by atoms with Crippen LogP contribution in [0.3, 0.4) is 0 Å². The second kappa shape index (κ2) is 8.13. The van der Waals surface area contributed by atoms with Gasteiger partial charge in [-0.3, -0.25) is 4.79 Å². The summed E-state index contributed by atoms with van der Waals surface area (Å²) in [6.45, 7) is 1.25. The zero-order chi connectivity index (χ0) is 22.2. The van der Waals surface area contributed by atoms with E-state index in [0.717, 1.165) is 5.56 Å². The number of fused-ring (bicyclic) bond motifs is 1. The van der Waals surface area contributed by atoms with E-state index in [9.17, 15) is 17.6 Å². The molecule has 1 aliphatic rings. The van der Waals surface area contributed by atoms with E-state index in [0.29, 0.717) is 10.1 Å². The monoisotopic (exact) mass is 457 g/mol. The van der Waals surface area contributed by atoms with Gasteiger partial charge in [-0.15, -0.1) is 0 Å². The molecule has 1 aliphatic heterocycles. The molecule has 0 unspecified atom stereocenters. The first-order valence-corrected chi connectivity index (χ1v) is 11.1. The van der Waals surface area contributed by atoms with Crippen LogP contribution in [-0.2, 0) is 14.8 Å². The van der Waals surface area contributed by atoms with Gasteiger partial charge in [0.05, 0.1) is 4.90 Å². The summed E-state index contributed by atoms with van der Waals surface area (Å²) in [7, 11) is -4.15. The molecule has 1 heterocycles. The Hall–Kier alpha value is -3.23. The van der Waals surface area contributed by atoms with Crippen molar-refractivity contribution in [2.45, 2.75) is 11.8 Å². The minimum Gasteiger partial charge on any atom is -0.324 e. The van der Waals surface area contributed by atoms with Gasteiger partial charge in [0, 0.05) is 21.8 Å². The summed E-state index contributed by atoms with van der Waals surface area (Å²) in [5, 5.41) is 7.12. The van der Waals surface area contributed by atoms with Crippen molar-refractivity contribution in [2.24, 2.45) is 5.10 Å². The van der Waals surface area contributed by atoms with Crippen molar-refractivity contribution in [3.8, 4) is 0 Å². The number of nitrogens with one attached hydrogen (secondary N) is 1. The Labute approximate surface area is 184 Å². The Morgan fingerprint density at radius 1 is 1.06 bits per heavy atom. The molecular formula is C22H17ClFN3O3S. The average Bonchev–Trinajstić information content (AvgIpc) is 2.72. The van der Waals surface area contributed by atoms with Gasteiger partial charge in [-0.25, -0.2) is 4.39 Å². The van der Waals surface area contributed by atoms with Crippen molar-refractivity contribution in [3.63, 3.8) is 0 Å². The van der Waals surface area contributed by atoms with Crippen molar-refractivity contribution in [1.29, 1.82) is 0 Å². The Morgan fingerprint density at radius 2 is 1.77 bits per heavy atom. The average molecular weight is 458 g/mol. The van der Waals surface area contributed by atoms with E-state index in [1.165, 1.54) is 36.4 Å². The van der Waals surface area contributed by atoms with E-state index < -0.39 is 28.3 Å². The summed E-state index contributed by atoms with van der Waals surface area (Å²) < 4.78 is 41.5. The third-order valence-electron chi connectivity index (χ3n) is 4.79. The van der Waals surface area contributed by atoms with E-state index in [4.69, 9.17) is 11.6 Å². The number of carbonyl (C=O) groups excluding carboxylic acids is 1. The number of hydrogen-bond donors (Lipinski definition) is 1. The van der Waals surface area contributed by atoms with Gasteiger partial charge in [-0.05, 0) is 48.9 Å². The zero-order valence-corrected chi connectivity index (χ0v) is 17.9. The summed E-state index contributed by atoms with van der Waals surface area (Å²) in [5.41, 5.74) is 1.74. The Balaban J connectivity index is 1.76. The molecule has 6 nitrogen and oxygen atoms in total. The minimum atomic E-state index is -4.15. The van der Waals surface area contributed by atoms with Crippen LogP contribution in [0.5, 0.6) is 0 Å². The number of para-hydroxylation sites is 1. The fourth-order valence-electron chi connectivity index (χ4n) is 3.24. The molecule has 0 radical (unpaired) electrons. The third-order valence-corrected chi connectivity index (χ3v) is 6.70. The lowest BCUT2D eigenvalue weighted by Gasteiger charge is -2.27. The van der Waals surface area contributed by atoms with Crippen LogP contribution in [0.1, 0.15) is 16.7 Å². The standard InChI is InChI=1S/C22H17ClFN3O3S/c1-14-6-2-5-9-19(14)25-21(28)13-27-26-22(16-7-3-4-8-18(16)24)17-12-15(23)10-11-20(17)31(27,29)30/h2-12H,13H2,1H3,(H,25,28). The van der Waals surface area contributed by atoms with Crippen molar-refractivity contribution < 1.29 is 17.6 Å². The SMILES string of the molecule is Cc1ccccc1NC(=O)CN1N=C(c2ccccc2F)c2cc(Cl)ccc2S1(=O)=O. The first kappa shape index (κ1) is 21.0. The molecule has 0 saturated carbocycles. The fraction of sp³-hybridized carbons (Fsp3) is 0.0909. The number of carbonyl (C=O) groups is 1. The highest BCUT2D eigenvalue weighted by Gasteiger charge is 2.35. The lowest BCUT2D eigenvalue weighted by molar-refractivity contribution is -0.116. The lowest BCUT2D eigenvalue weighted by Crippen LogP contribution is -2.38. The van der Waals surface area contributed by atoms with Crippen molar-refractivity contribution in [1.82, 2.24) is 4.41 Å². The van der Waals surface area contributed by atoms with Crippen LogP contribution in [0.15, 0.2) is 76.7 Å². The molecule has 0 bridgehead atoms. The highest BCUT2D eigenvalue weighted by molar-refractivity contribution is 7.89. The number of hydrogen-bond acceptors (Lipinski definition) is 4. The van der Waals surface area contributed by atoms with E-state index in [1.54, 1.807) is 18.2 Å². The van der Waals surface area contributed by atoms with Gasteiger partial charge in [-0.2, -0.15) is 17.9 Å². The Bertz CT molecular complexity index is 1330. The highest BCUT2D eigenvalue weighted by Crippen LogP contribution is 2.31. The molecule has 3 aromatic rings. The van der Waals surface area contributed by atoms with Crippen molar-refractivity contribution >= 4 is 38.9 Å². The number of aryl methyl sites for hydroxylation is 1. The maximum atomic E-state index is 14.5. The molecule has 0 aromatic heterocycles. The predicted octanol–water partition coefficient (Wildman–Crippen LogP) is 4.18. The van der Waals surface area contributed by atoms with Gasteiger partial charge in [0.1, 0.15) is 18.1 Å². The largest absolute Gasteiger partial charge is 0.324 e. The molecule has 158 valence electrons. The minimum absolute atomic E-state index is 0.0779. The zero-order valence-electron chi connectivity index (χ0n) is 16.3. The maximum Gasteiger partial charge on any atom is 0.280 e. The molecule has 31 heavy (non-hydrogen) atoms. The quantitative estimate of drug-likeness (QED) is 0.638. The number of nitrogens with zero attached hydrogens (tertiary/aromatic N) is 2. The van der Waals surface area contributed by atoms with Gasteiger partial charge in [0.2, 0.25) is 5.91 Å². The number of benzene rings is 3. The topological polar surface area (TPSA) is 78.8 Å². The molecule has 9 heteroatoms. The molecule has 4 rings (SSSR count). The smallest absolute Gasteiger partial charge is 0.280 e. The summed E-state index contributed by atoms with van der Waals surface area (Å²) in [5.74, 6) is -1.15. The van der Waals surface area contributed by atoms with Crippen LogP contribution in [0.25, 0.3) is 0 Å². The van der Waals surface area contributed by atoms with Crippen LogP contribution in [0.4, 0.5) is 10.1 Å². The van der Waals surface area contributed by atoms with E-state index in [2.05, 4.69) is 10.4 Å². The molecule has 0 fully saturated rings. The molecule has 0 spiro atoms. The van der Waals surface area contributed by atoms with Crippen LogP contribution in [0.2, 0.25) is 5.02 Å². The van der Waals surface area contributed by atoms with E-state index in [1.807, 2.05) is 19.1 Å². The number of sulfonamides is 1. The van der Waals surface area contributed by atoms with Crippen LogP contribution in [0, 0.1) is 12.7 Å². The summed E-state index contributed by atoms with van der Waals surface area (Å²) >= 11 is 6.07. The van der Waals surface area contributed by atoms with Crippen LogP contribution >= 0.6 is 11.6 Å². The number of rotatable bonds is 4. The molecule has 0 atom stereocenters. The van der Waals surface area contributed by atoms with Gasteiger partial charge in [0.25, 0.3) is 10.0 Å². The van der Waals surface area contributed by atoms with Gasteiger partial charge in [-0.1, -0.05) is 41.9 Å². The first-order chi connectivity index (χ1) is 14.8. The fourth-order valence-corrected chi connectivity index (χ4v) is 4.79. The molecule has 0 saturated heterocycles. The first-order valence-electron chi connectivity index (χ1n) is 9.29. The molecule has 0 aliphatic carbocycles. The van der Waals surface area contributed by atoms with Gasteiger partial charge < -0.3 is 5.32 Å². The Kier molecular flexibility index (Phi) is 5.51. The molecule has 1 N–H and O–H groups in total. The van der Waals surface area contributed by atoms with E-state index >= 15 is 0 Å². The number of anilines is 1. The normalized spacial score (nSPS) is 14.5. The highest BCUT2D eigenvalue weighted by atomic mass is 35.5. The lowest BCUT2D eigenvalue weighted by atomic mass is 10.0. The number of halogens is 2. The van der Waals surface area contributed by atoms with Crippen molar-refractivity contribution in [3.05, 3.63) is 94.3 Å². The maximum absolute atomic E-state index is 14.5.